The quantitative estimate of drug-likeness (QED) is 0.627. The van der Waals surface area contributed by atoms with Crippen molar-refractivity contribution >= 4 is 5.78 Å². The van der Waals surface area contributed by atoms with Crippen LogP contribution in [0.4, 0.5) is 0 Å². The fourth-order valence-electron chi connectivity index (χ4n) is 1.88. The van der Waals surface area contributed by atoms with E-state index in [4.69, 9.17) is 0 Å². The highest BCUT2D eigenvalue weighted by molar-refractivity contribution is 5.77. The molecule has 1 aliphatic carbocycles. The monoisotopic (exact) mass is 242 g/mol. The first-order chi connectivity index (χ1) is 8.07. The van der Waals surface area contributed by atoms with E-state index in [9.17, 15) is 4.79 Å². The fraction of sp³-hybridized carbons (Fsp3) is 0.938. The number of Topliss-reactive ketones (excluding diaryl/α,β-unsaturated/α-hetero) is 1. The number of hydrogen-bond acceptors (Lipinski definition) is 1. The number of hydrogen-bond donors (Lipinski definition) is 0. The maximum atomic E-state index is 10.1. The fourth-order valence-corrected chi connectivity index (χ4v) is 1.88. The number of carbonyl (C=O) groups is 1. The second-order valence-corrected chi connectivity index (χ2v) is 5.06. The van der Waals surface area contributed by atoms with Gasteiger partial charge in [-0.3, -0.25) is 4.79 Å². The lowest BCUT2D eigenvalue weighted by Crippen LogP contribution is -2.04. The average Bonchev–Trinajstić information content (AvgIpc) is 2.34. The third-order valence-electron chi connectivity index (χ3n) is 3.23. The predicted octanol–water partition coefficient (Wildman–Crippen LogP) is 5.62. The summed E-state index contributed by atoms with van der Waals surface area (Å²) in [5.74, 6) is 1.57. The Bertz CT molecular complexity index is 152. The van der Waals surface area contributed by atoms with Crippen molar-refractivity contribution in [1.29, 1.82) is 0 Å². The molecule has 0 atom stereocenters. The minimum Gasteiger partial charge on any atom is -0.300 e. The molecule has 1 nitrogen and oxygen atoms in total. The molecule has 1 aliphatic rings. The Balaban J connectivity index is 0. The molecule has 0 saturated heterocycles. The Morgan fingerprint density at radius 3 is 1.82 bits per heavy atom. The predicted molar refractivity (Wildman–Crippen MR) is 78.4 cm³/mol. The number of carbonyl (C=O) groups excluding carboxylic acids is 1. The van der Waals surface area contributed by atoms with E-state index < -0.39 is 0 Å². The molecule has 0 aliphatic heterocycles. The molecule has 104 valence electrons. The summed E-state index contributed by atoms with van der Waals surface area (Å²) < 4.78 is 0. The maximum absolute atomic E-state index is 10.1. The van der Waals surface area contributed by atoms with E-state index in [1.54, 1.807) is 6.92 Å². The Morgan fingerprint density at radius 2 is 1.53 bits per heavy atom. The standard InChI is InChI=1S/C9H18.C5H10O.C2H6/c1-2-6-9-7-4-3-5-8-9;1-4(2)5(3)6;1-2/h9H,2-8H2,1H3;4H,1-3H3;1-2H3. The molecule has 0 heterocycles. The van der Waals surface area contributed by atoms with Gasteiger partial charge in [0.15, 0.2) is 0 Å². The van der Waals surface area contributed by atoms with Crippen LogP contribution in [0.5, 0.6) is 0 Å². The van der Waals surface area contributed by atoms with Gasteiger partial charge in [-0.2, -0.15) is 0 Å². The van der Waals surface area contributed by atoms with Crippen molar-refractivity contribution in [3.8, 4) is 0 Å². The van der Waals surface area contributed by atoms with Crippen LogP contribution in [0.3, 0.4) is 0 Å². The number of ketones is 1. The summed E-state index contributed by atoms with van der Waals surface area (Å²) in [6.45, 7) is 11.7. The molecule has 0 aromatic rings. The van der Waals surface area contributed by atoms with Crippen LogP contribution >= 0.6 is 0 Å². The van der Waals surface area contributed by atoms with Crippen molar-refractivity contribution in [2.24, 2.45) is 11.8 Å². The van der Waals surface area contributed by atoms with E-state index in [0.29, 0.717) is 0 Å². The van der Waals surface area contributed by atoms with Gasteiger partial charge in [-0.05, 0) is 12.8 Å². The normalized spacial score (nSPS) is 15.5. The van der Waals surface area contributed by atoms with E-state index >= 15 is 0 Å². The lowest BCUT2D eigenvalue weighted by atomic mass is 9.86. The molecule has 0 aromatic carbocycles. The summed E-state index contributed by atoms with van der Waals surface area (Å²) in [4.78, 5) is 10.1. The third kappa shape index (κ3) is 13.6. The van der Waals surface area contributed by atoms with Gasteiger partial charge in [0.25, 0.3) is 0 Å². The second kappa shape index (κ2) is 13.7. The Morgan fingerprint density at radius 1 is 1.12 bits per heavy atom. The summed E-state index contributed by atoms with van der Waals surface area (Å²) >= 11 is 0. The molecule has 0 unspecified atom stereocenters. The van der Waals surface area contributed by atoms with Crippen LogP contribution in [0.15, 0.2) is 0 Å². The highest BCUT2D eigenvalue weighted by Gasteiger charge is 2.10. The van der Waals surface area contributed by atoms with E-state index in [1.165, 1.54) is 44.9 Å². The highest BCUT2D eigenvalue weighted by atomic mass is 16.1. The molecule has 1 rings (SSSR count). The molecule has 0 aromatic heterocycles. The minimum atomic E-state index is 0.213. The van der Waals surface area contributed by atoms with Gasteiger partial charge in [0, 0.05) is 5.92 Å². The van der Waals surface area contributed by atoms with Crippen LogP contribution in [-0.2, 0) is 4.79 Å². The van der Waals surface area contributed by atoms with Crippen LogP contribution in [0.2, 0.25) is 0 Å². The first-order valence-corrected chi connectivity index (χ1v) is 7.58. The molecular formula is C16H34O. The Hall–Kier alpha value is -0.330. The SMILES string of the molecule is CC.CC(=O)C(C)C.CCCC1CCCCC1. The van der Waals surface area contributed by atoms with Gasteiger partial charge in [-0.25, -0.2) is 0 Å². The molecule has 0 amide bonds. The molecule has 0 radical (unpaired) electrons. The van der Waals surface area contributed by atoms with Gasteiger partial charge in [0.05, 0.1) is 0 Å². The van der Waals surface area contributed by atoms with Gasteiger partial charge in [0.2, 0.25) is 0 Å². The van der Waals surface area contributed by atoms with Crippen molar-refractivity contribution < 1.29 is 4.79 Å². The Labute approximate surface area is 109 Å². The van der Waals surface area contributed by atoms with Crippen LogP contribution in [-0.4, -0.2) is 5.78 Å². The molecule has 0 bridgehead atoms. The Kier molecular flexibility index (Phi) is 15.4. The van der Waals surface area contributed by atoms with E-state index in [1.807, 2.05) is 27.7 Å². The van der Waals surface area contributed by atoms with Crippen molar-refractivity contribution in [2.75, 3.05) is 0 Å². The first kappa shape index (κ1) is 19.0. The van der Waals surface area contributed by atoms with Crippen LogP contribution in [0.25, 0.3) is 0 Å². The topological polar surface area (TPSA) is 17.1 Å². The molecular weight excluding hydrogens is 208 g/mol. The second-order valence-electron chi connectivity index (χ2n) is 5.06. The summed E-state index contributed by atoms with van der Waals surface area (Å²) in [6.07, 6.45) is 10.4. The van der Waals surface area contributed by atoms with Crippen molar-refractivity contribution in [1.82, 2.24) is 0 Å². The van der Waals surface area contributed by atoms with E-state index in [0.717, 1.165) is 5.92 Å². The zero-order valence-corrected chi connectivity index (χ0v) is 13.0. The van der Waals surface area contributed by atoms with Crippen LogP contribution in [0, 0.1) is 11.8 Å². The van der Waals surface area contributed by atoms with Gasteiger partial charge in [-0.1, -0.05) is 79.6 Å². The zero-order valence-electron chi connectivity index (χ0n) is 13.0. The van der Waals surface area contributed by atoms with Crippen molar-refractivity contribution in [3.05, 3.63) is 0 Å². The van der Waals surface area contributed by atoms with Gasteiger partial charge in [-0.15, -0.1) is 0 Å². The molecule has 1 heteroatoms. The zero-order chi connectivity index (χ0) is 13.7. The van der Waals surface area contributed by atoms with Crippen LogP contribution in [0.1, 0.15) is 86.5 Å². The summed E-state index contributed by atoms with van der Waals surface area (Å²) in [6, 6.07) is 0. The summed E-state index contributed by atoms with van der Waals surface area (Å²) in [7, 11) is 0. The average molecular weight is 242 g/mol. The highest BCUT2D eigenvalue weighted by Crippen LogP contribution is 2.26. The molecule has 17 heavy (non-hydrogen) atoms. The maximum Gasteiger partial charge on any atom is 0.132 e. The molecule has 1 saturated carbocycles. The largest absolute Gasteiger partial charge is 0.300 e. The first-order valence-electron chi connectivity index (χ1n) is 7.58. The molecule has 0 spiro atoms. The van der Waals surface area contributed by atoms with Crippen LogP contribution < -0.4 is 0 Å². The van der Waals surface area contributed by atoms with Gasteiger partial charge < -0.3 is 0 Å². The lowest BCUT2D eigenvalue weighted by molar-refractivity contribution is -0.119. The number of rotatable bonds is 3. The van der Waals surface area contributed by atoms with E-state index in [2.05, 4.69) is 6.92 Å². The van der Waals surface area contributed by atoms with E-state index in [-0.39, 0.29) is 11.7 Å². The smallest absolute Gasteiger partial charge is 0.132 e. The third-order valence-corrected chi connectivity index (χ3v) is 3.23. The van der Waals surface area contributed by atoms with Crippen molar-refractivity contribution in [2.45, 2.75) is 86.5 Å². The minimum absolute atomic E-state index is 0.213. The van der Waals surface area contributed by atoms with Gasteiger partial charge in [0.1, 0.15) is 5.78 Å². The lowest BCUT2D eigenvalue weighted by Gasteiger charge is -2.20. The summed E-state index contributed by atoms with van der Waals surface area (Å²) in [5, 5.41) is 0. The van der Waals surface area contributed by atoms with Gasteiger partial charge >= 0.3 is 0 Å². The van der Waals surface area contributed by atoms with Crippen molar-refractivity contribution in [3.63, 3.8) is 0 Å². The molecule has 1 fully saturated rings. The molecule has 0 N–H and O–H groups in total. The summed E-state index contributed by atoms with van der Waals surface area (Å²) in [5.41, 5.74) is 0.